The Hall–Kier alpha value is -6.74. The minimum atomic E-state index is -3.24. The molecule has 3 aliphatic rings. The molecule has 0 spiro atoms. The maximum atomic E-state index is 14.9. The van der Waals surface area contributed by atoms with E-state index in [0.29, 0.717) is 30.9 Å². The number of methoxy groups -OCH3 is 2. The molecular weight excluding hydrogens is 912 g/mol. The van der Waals surface area contributed by atoms with Crippen molar-refractivity contribution in [3.05, 3.63) is 116 Å². The number of aliphatic hydroxyl groups is 1. The molecule has 2 aliphatic carbocycles. The zero-order chi connectivity index (χ0) is 51.1. The molecule has 4 N–H and O–H groups in total. The van der Waals surface area contributed by atoms with Crippen LogP contribution in [0.2, 0.25) is 0 Å². The van der Waals surface area contributed by atoms with Gasteiger partial charge in [0, 0.05) is 72.5 Å². The van der Waals surface area contributed by atoms with Gasteiger partial charge in [-0.2, -0.15) is 0 Å². The van der Waals surface area contributed by atoms with Crippen molar-refractivity contribution >= 4 is 36.1 Å². The van der Waals surface area contributed by atoms with Crippen LogP contribution in [0.5, 0.6) is 0 Å². The summed E-state index contributed by atoms with van der Waals surface area (Å²) in [5.41, 5.74) is 3.56. The molecule has 22 heteroatoms. The number of hydrogen-bond acceptors (Lipinski definition) is 14. The molecule has 5 rings (SSSR count). The lowest BCUT2D eigenvalue weighted by Crippen LogP contribution is -2.35. The number of halogens is 8. The third-order valence-electron chi connectivity index (χ3n) is 9.48. The number of alkyl halides is 4. The molecule has 0 saturated heterocycles. The third-order valence-corrected chi connectivity index (χ3v) is 9.48. The van der Waals surface area contributed by atoms with Crippen LogP contribution in [0.4, 0.5) is 35.1 Å². The van der Waals surface area contributed by atoms with E-state index in [0.717, 1.165) is 32.2 Å². The Morgan fingerprint density at radius 2 is 1.28 bits per heavy atom. The van der Waals surface area contributed by atoms with Gasteiger partial charge in [0.2, 0.25) is 0 Å². The quantitative estimate of drug-likeness (QED) is 0.0436. The Labute approximate surface area is 379 Å². The second kappa shape index (κ2) is 24.7. The van der Waals surface area contributed by atoms with E-state index in [1.54, 1.807) is 20.8 Å². The van der Waals surface area contributed by atoms with E-state index in [-0.39, 0.29) is 57.9 Å². The van der Waals surface area contributed by atoms with Gasteiger partial charge >= 0.3 is 29.8 Å². The third kappa shape index (κ3) is 16.0. The van der Waals surface area contributed by atoms with E-state index in [9.17, 15) is 63.9 Å². The summed E-state index contributed by atoms with van der Waals surface area (Å²) >= 11 is 0. The summed E-state index contributed by atoms with van der Waals surface area (Å²) < 4.78 is 132. The fourth-order valence-corrected chi connectivity index (χ4v) is 6.33. The van der Waals surface area contributed by atoms with Crippen LogP contribution >= 0.6 is 0 Å². The molecule has 0 amide bonds. The van der Waals surface area contributed by atoms with E-state index in [4.69, 9.17) is 25.1 Å². The number of dihydropyridines is 1. The molecule has 14 nitrogen and oxygen atoms in total. The first-order valence-electron chi connectivity index (χ1n) is 20.1. The minimum absolute atomic E-state index is 0.0259. The summed E-state index contributed by atoms with van der Waals surface area (Å²) in [5.74, 6) is -18.4. The van der Waals surface area contributed by atoms with Crippen LogP contribution in [0.1, 0.15) is 106 Å². The largest absolute Gasteiger partial charge is 0.512 e. The first-order valence-corrected chi connectivity index (χ1v) is 20.1. The molecule has 3 unspecified atom stereocenters. The summed E-state index contributed by atoms with van der Waals surface area (Å²) in [7, 11) is 2.37. The van der Waals surface area contributed by atoms with Gasteiger partial charge in [-0.15, -0.1) is 0 Å². The number of nitrogens with one attached hydrogen (secondary N) is 1. The van der Waals surface area contributed by atoms with Crippen molar-refractivity contribution in [1.82, 2.24) is 5.32 Å². The van der Waals surface area contributed by atoms with Gasteiger partial charge in [-0.3, -0.25) is 9.59 Å². The average molecular weight is 963 g/mol. The van der Waals surface area contributed by atoms with Crippen molar-refractivity contribution in [3.8, 4) is 0 Å². The van der Waals surface area contributed by atoms with Crippen molar-refractivity contribution in [2.75, 3.05) is 34.0 Å². The predicted molar refractivity (Wildman–Crippen MR) is 221 cm³/mol. The number of aldehydes is 1. The smallest absolute Gasteiger partial charge is 0.336 e. The summed E-state index contributed by atoms with van der Waals surface area (Å²) in [4.78, 5) is 68.5. The standard InChI is InChI=1S/C23H23F4NO6.C10H6F4O.C7H12O3.C5H9NO2/c1-5-33-22(31)20-16(9-34-11(3)29)28-10(2)17(21(30)32-4)19(20)13-6-12(24)7-15(25)18(13)14-8-23(14,26)27;11-6-1-5(4-15)9(8(12)2-6)7-3-10(7,13)14;1-3-6(8)5-7(9)10-4-2;1-4(6)3-5(7)8-2/h6-7,14,19,28H,5,8-9H2,1-4H3;1-2,4,7H,3H2;5,8H,3-4H2,1-2H3;3H,6H2,1-2H3/b;;6-5-;4-3-. The highest BCUT2D eigenvalue weighted by Crippen LogP contribution is 2.59. The van der Waals surface area contributed by atoms with Gasteiger partial charge in [-0.05, 0) is 45.4 Å². The number of allylic oxidation sites excluding steroid dienone is 3. The van der Waals surface area contributed by atoms with Gasteiger partial charge in [0.05, 0.1) is 73.9 Å². The van der Waals surface area contributed by atoms with Crippen molar-refractivity contribution in [2.24, 2.45) is 5.73 Å². The molecule has 0 bridgehead atoms. The number of esters is 5. The number of hydrogen-bond donors (Lipinski definition) is 3. The van der Waals surface area contributed by atoms with Crippen molar-refractivity contribution < 1.29 is 92.7 Å². The zero-order valence-corrected chi connectivity index (χ0v) is 37.6. The van der Waals surface area contributed by atoms with Gasteiger partial charge in [-0.1, -0.05) is 6.92 Å². The number of carbonyl (C=O) groups is 6. The monoisotopic (exact) mass is 962 g/mol. The summed E-state index contributed by atoms with van der Waals surface area (Å²) in [6, 6.07) is 2.55. The molecule has 2 aromatic rings. The van der Waals surface area contributed by atoms with Gasteiger partial charge in [-0.25, -0.2) is 54.3 Å². The minimum Gasteiger partial charge on any atom is -0.512 e. The summed E-state index contributed by atoms with van der Waals surface area (Å²) in [6.07, 6.45) is 1.79. The number of rotatable bonds is 13. The first kappa shape index (κ1) is 56.4. The Kier molecular flexibility index (Phi) is 20.8. The Morgan fingerprint density at radius 3 is 1.72 bits per heavy atom. The fraction of sp³-hybridized carbons (Fsp3) is 0.422. The Balaban J connectivity index is 0.000000380. The number of benzene rings is 2. The van der Waals surface area contributed by atoms with Crippen LogP contribution in [0.3, 0.4) is 0 Å². The highest BCUT2D eigenvalue weighted by molar-refractivity contribution is 6.00. The second-order valence-electron chi connectivity index (χ2n) is 14.6. The summed E-state index contributed by atoms with van der Waals surface area (Å²) in [5, 5.41) is 11.6. The lowest BCUT2D eigenvalue weighted by atomic mass is 9.77. The van der Waals surface area contributed by atoms with Crippen molar-refractivity contribution in [2.45, 2.75) is 90.4 Å². The molecule has 368 valence electrons. The SMILES string of the molecule is CCOC(=O)/C=C(\O)CC.CCOC(=O)C1=C(COC(C)=O)NC(C)=C(C(=O)OC)C1c1cc(F)cc(F)c1C1CC1(F)F.COC(=O)/C=C(/C)N.O=Cc1cc(F)cc(F)c1C1CC1(F)F. The highest BCUT2D eigenvalue weighted by atomic mass is 19.3. The van der Waals surface area contributed by atoms with Gasteiger partial charge in [0.1, 0.15) is 29.9 Å². The van der Waals surface area contributed by atoms with E-state index in [1.165, 1.54) is 27.0 Å². The highest BCUT2D eigenvalue weighted by Gasteiger charge is 2.60. The predicted octanol–water partition coefficient (Wildman–Crippen LogP) is 7.92. The Morgan fingerprint density at radius 1 is 0.761 bits per heavy atom. The van der Waals surface area contributed by atoms with Crippen LogP contribution in [-0.4, -0.2) is 87.1 Å². The zero-order valence-electron chi connectivity index (χ0n) is 37.6. The van der Waals surface area contributed by atoms with E-state index >= 15 is 0 Å². The van der Waals surface area contributed by atoms with Gasteiger partial charge < -0.3 is 39.8 Å². The van der Waals surface area contributed by atoms with Gasteiger partial charge in [0.15, 0.2) is 6.29 Å². The second-order valence-corrected chi connectivity index (χ2v) is 14.6. The molecule has 1 heterocycles. The van der Waals surface area contributed by atoms with Crippen LogP contribution in [0.15, 0.2) is 70.4 Å². The molecule has 67 heavy (non-hydrogen) atoms. The lowest BCUT2D eigenvalue weighted by Gasteiger charge is -2.32. The van der Waals surface area contributed by atoms with Crippen LogP contribution in [0.25, 0.3) is 0 Å². The molecule has 2 saturated carbocycles. The van der Waals surface area contributed by atoms with E-state index in [1.807, 2.05) is 0 Å². The molecule has 2 aromatic carbocycles. The number of aliphatic hydroxyl groups excluding tert-OH is 1. The van der Waals surface area contributed by atoms with E-state index < -0.39 is 108 Å². The van der Waals surface area contributed by atoms with Crippen LogP contribution in [0, 0.1) is 23.3 Å². The lowest BCUT2D eigenvalue weighted by molar-refractivity contribution is -0.142. The number of carbonyl (C=O) groups excluding carboxylic acids is 6. The molecule has 2 fully saturated rings. The number of ether oxygens (including phenoxy) is 5. The molecule has 3 atom stereocenters. The van der Waals surface area contributed by atoms with Crippen molar-refractivity contribution in [3.63, 3.8) is 0 Å². The first-order chi connectivity index (χ1) is 31.2. The fourth-order valence-electron chi connectivity index (χ4n) is 6.33. The molecule has 0 aromatic heterocycles. The Bertz CT molecular complexity index is 2320. The van der Waals surface area contributed by atoms with E-state index in [2.05, 4.69) is 14.8 Å². The van der Waals surface area contributed by atoms with Crippen LogP contribution < -0.4 is 11.1 Å². The molecule has 0 radical (unpaired) electrons. The maximum absolute atomic E-state index is 14.9. The molecule has 1 aliphatic heterocycles. The average Bonchev–Trinajstić information content (AvgIpc) is 4.09. The number of nitrogens with two attached hydrogens (primary N) is 1. The van der Waals surface area contributed by atoms with Crippen molar-refractivity contribution in [1.29, 1.82) is 0 Å². The normalized spacial score (nSPS) is 18.7. The van der Waals surface area contributed by atoms with Crippen LogP contribution in [-0.2, 0) is 47.7 Å². The van der Waals surface area contributed by atoms with Gasteiger partial charge in [0.25, 0.3) is 11.8 Å². The summed E-state index contributed by atoms with van der Waals surface area (Å²) in [6.45, 7) is 8.92. The molecular formula is C45H50F8N2O12. The topological polar surface area (TPSA) is 207 Å². The maximum Gasteiger partial charge on any atom is 0.336 e.